The van der Waals surface area contributed by atoms with E-state index in [1.54, 1.807) is 40.0 Å². The van der Waals surface area contributed by atoms with Gasteiger partial charge in [-0.15, -0.1) is 0 Å². The van der Waals surface area contributed by atoms with Crippen molar-refractivity contribution < 1.29 is 17.7 Å². The number of aromatic nitrogens is 3. The summed E-state index contributed by atoms with van der Waals surface area (Å²) in [6.45, 7) is 5.23. The van der Waals surface area contributed by atoms with Crippen LogP contribution in [0.5, 0.6) is 5.75 Å². The number of aryl methyl sites for hydroxylation is 3. The number of nitrogens with one attached hydrogen (secondary N) is 2. The summed E-state index contributed by atoms with van der Waals surface area (Å²) in [6, 6.07) is 7.23. The molecule has 0 saturated heterocycles. The summed E-state index contributed by atoms with van der Waals surface area (Å²) in [5.41, 5.74) is 2.26. The number of ether oxygens (including phenoxy) is 1. The summed E-state index contributed by atoms with van der Waals surface area (Å²) in [4.78, 5) is 7.31. The number of aromatic amines is 1. The van der Waals surface area contributed by atoms with Gasteiger partial charge in [-0.2, -0.15) is 4.98 Å². The quantitative estimate of drug-likeness (QED) is 0.684. The highest BCUT2D eigenvalue weighted by Crippen LogP contribution is 2.32. The Morgan fingerprint density at radius 1 is 1.19 bits per heavy atom. The van der Waals surface area contributed by atoms with Gasteiger partial charge in [-0.05, 0) is 26.8 Å². The summed E-state index contributed by atoms with van der Waals surface area (Å²) in [6.07, 6.45) is 0. The number of methoxy groups -OCH3 is 1. The molecule has 9 heteroatoms. The Morgan fingerprint density at radius 3 is 2.58 bits per heavy atom. The van der Waals surface area contributed by atoms with Gasteiger partial charge >= 0.3 is 0 Å². The first-order chi connectivity index (χ1) is 12.3. The standard InChI is InChI=1S/C17H20N4O4S/c1-10-15(17-20-12(3)21-25-17)16(11(2)19-10)26(22,23)18-9-13-7-5-6-8-14(13)24-4/h5-8,18-19H,9H2,1-4H3. The SMILES string of the molecule is COc1ccccc1CNS(=O)(=O)c1c(C)[nH]c(C)c1-c1nc(C)no1. The molecule has 2 aromatic heterocycles. The molecule has 138 valence electrons. The van der Waals surface area contributed by atoms with Crippen LogP contribution in [0, 0.1) is 20.8 Å². The topological polar surface area (TPSA) is 110 Å². The molecule has 0 aliphatic carbocycles. The summed E-state index contributed by atoms with van der Waals surface area (Å²) < 4.78 is 39.0. The minimum absolute atomic E-state index is 0.0956. The van der Waals surface area contributed by atoms with Gasteiger partial charge in [-0.3, -0.25) is 0 Å². The number of hydrogen-bond acceptors (Lipinski definition) is 6. The maximum absolute atomic E-state index is 13.0. The molecule has 3 rings (SSSR count). The molecule has 0 bridgehead atoms. The van der Waals surface area contributed by atoms with Crippen molar-refractivity contribution in [2.24, 2.45) is 0 Å². The van der Waals surface area contributed by atoms with E-state index in [0.29, 0.717) is 28.5 Å². The maximum atomic E-state index is 13.0. The second-order valence-electron chi connectivity index (χ2n) is 5.86. The van der Waals surface area contributed by atoms with Gasteiger partial charge in [-0.25, -0.2) is 13.1 Å². The number of hydrogen-bond donors (Lipinski definition) is 2. The van der Waals surface area contributed by atoms with Crippen LogP contribution in [0.15, 0.2) is 33.7 Å². The molecule has 8 nitrogen and oxygen atoms in total. The van der Waals surface area contributed by atoms with E-state index in [0.717, 1.165) is 5.56 Å². The molecular weight excluding hydrogens is 356 g/mol. The normalized spacial score (nSPS) is 11.7. The molecule has 3 aromatic rings. The zero-order chi connectivity index (χ0) is 18.9. The largest absolute Gasteiger partial charge is 0.496 e. The average Bonchev–Trinajstić information content (AvgIpc) is 3.15. The molecule has 0 radical (unpaired) electrons. The molecule has 2 N–H and O–H groups in total. The van der Waals surface area contributed by atoms with Crippen LogP contribution in [0.3, 0.4) is 0 Å². The second kappa shape index (κ2) is 6.93. The van der Waals surface area contributed by atoms with Crippen LogP contribution in [0.2, 0.25) is 0 Å². The first-order valence-corrected chi connectivity index (χ1v) is 9.43. The van der Waals surface area contributed by atoms with E-state index in [-0.39, 0.29) is 17.3 Å². The lowest BCUT2D eigenvalue weighted by molar-refractivity contribution is 0.409. The van der Waals surface area contributed by atoms with E-state index >= 15 is 0 Å². The smallest absolute Gasteiger partial charge is 0.261 e. The fourth-order valence-corrected chi connectivity index (χ4v) is 4.30. The van der Waals surface area contributed by atoms with Crippen LogP contribution >= 0.6 is 0 Å². The number of rotatable bonds is 6. The van der Waals surface area contributed by atoms with E-state index in [2.05, 4.69) is 19.8 Å². The van der Waals surface area contributed by atoms with Crippen molar-refractivity contribution in [3.8, 4) is 17.2 Å². The zero-order valence-electron chi connectivity index (χ0n) is 15.0. The Kier molecular flexibility index (Phi) is 4.84. The number of H-pyrrole nitrogens is 1. The summed E-state index contributed by atoms with van der Waals surface area (Å²) in [5.74, 6) is 1.22. The molecule has 26 heavy (non-hydrogen) atoms. The molecule has 2 heterocycles. The Balaban J connectivity index is 1.97. The second-order valence-corrected chi connectivity index (χ2v) is 7.57. The molecule has 0 spiro atoms. The van der Waals surface area contributed by atoms with Gasteiger partial charge in [0.2, 0.25) is 10.0 Å². The highest BCUT2D eigenvalue weighted by Gasteiger charge is 2.29. The third-order valence-electron chi connectivity index (χ3n) is 3.97. The molecule has 0 fully saturated rings. The van der Waals surface area contributed by atoms with Crippen molar-refractivity contribution in [2.75, 3.05) is 7.11 Å². The van der Waals surface area contributed by atoms with E-state index < -0.39 is 10.0 Å². The molecule has 0 unspecified atom stereocenters. The lowest BCUT2D eigenvalue weighted by Crippen LogP contribution is -2.24. The van der Waals surface area contributed by atoms with Crippen LogP contribution in [0.4, 0.5) is 0 Å². The van der Waals surface area contributed by atoms with Gasteiger partial charge in [0.15, 0.2) is 5.82 Å². The summed E-state index contributed by atoms with van der Waals surface area (Å²) >= 11 is 0. The Bertz CT molecular complexity index is 1040. The van der Waals surface area contributed by atoms with Crippen molar-refractivity contribution >= 4 is 10.0 Å². The molecule has 1 aromatic carbocycles. The van der Waals surface area contributed by atoms with Crippen molar-refractivity contribution in [1.82, 2.24) is 19.8 Å². The highest BCUT2D eigenvalue weighted by molar-refractivity contribution is 7.89. The zero-order valence-corrected chi connectivity index (χ0v) is 15.8. The lowest BCUT2D eigenvalue weighted by atomic mass is 10.2. The summed E-state index contributed by atoms with van der Waals surface area (Å²) in [7, 11) is -2.28. The Hall–Kier alpha value is -2.65. The van der Waals surface area contributed by atoms with Crippen molar-refractivity contribution in [3.63, 3.8) is 0 Å². The average molecular weight is 376 g/mol. The third kappa shape index (κ3) is 3.35. The lowest BCUT2D eigenvalue weighted by Gasteiger charge is -2.11. The molecular formula is C17H20N4O4S. The minimum Gasteiger partial charge on any atom is -0.496 e. The van der Waals surface area contributed by atoms with Crippen LogP contribution < -0.4 is 9.46 Å². The molecule has 0 amide bonds. The fourth-order valence-electron chi connectivity index (χ4n) is 2.84. The predicted molar refractivity (Wildman–Crippen MR) is 95.3 cm³/mol. The van der Waals surface area contributed by atoms with Gasteiger partial charge in [0.25, 0.3) is 5.89 Å². The van der Waals surface area contributed by atoms with E-state index in [1.165, 1.54) is 0 Å². The van der Waals surface area contributed by atoms with Gasteiger partial charge in [0.1, 0.15) is 10.6 Å². The van der Waals surface area contributed by atoms with Gasteiger partial charge in [0.05, 0.1) is 12.7 Å². The number of sulfonamides is 1. The van der Waals surface area contributed by atoms with Crippen molar-refractivity contribution in [2.45, 2.75) is 32.2 Å². The number of para-hydroxylation sites is 1. The Labute approximate surface area is 151 Å². The van der Waals surface area contributed by atoms with Gasteiger partial charge in [-0.1, -0.05) is 23.4 Å². The van der Waals surface area contributed by atoms with Crippen LogP contribution in [-0.4, -0.2) is 30.7 Å². The summed E-state index contributed by atoms with van der Waals surface area (Å²) in [5, 5.41) is 3.75. The van der Waals surface area contributed by atoms with Crippen LogP contribution in [0.1, 0.15) is 22.8 Å². The first-order valence-electron chi connectivity index (χ1n) is 7.95. The molecule has 0 aliphatic heterocycles. The van der Waals surface area contributed by atoms with Crippen LogP contribution in [-0.2, 0) is 16.6 Å². The highest BCUT2D eigenvalue weighted by atomic mass is 32.2. The number of benzene rings is 1. The molecule has 0 aliphatic rings. The van der Waals surface area contributed by atoms with E-state index in [9.17, 15) is 8.42 Å². The molecule has 0 saturated carbocycles. The van der Waals surface area contributed by atoms with Gasteiger partial charge in [0, 0.05) is 23.5 Å². The van der Waals surface area contributed by atoms with Gasteiger partial charge < -0.3 is 14.2 Å². The first kappa shape index (κ1) is 18.2. The minimum atomic E-state index is -3.83. The van der Waals surface area contributed by atoms with Crippen molar-refractivity contribution in [3.05, 3.63) is 47.0 Å². The monoisotopic (exact) mass is 376 g/mol. The third-order valence-corrected chi connectivity index (χ3v) is 5.55. The fraction of sp³-hybridized carbons (Fsp3) is 0.294. The van der Waals surface area contributed by atoms with E-state index in [1.807, 2.05) is 12.1 Å². The number of nitrogens with zero attached hydrogens (tertiary/aromatic N) is 2. The van der Waals surface area contributed by atoms with E-state index in [4.69, 9.17) is 9.26 Å². The van der Waals surface area contributed by atoms with Crippen LogP contribution in [0.25, 0.3) is 11.5 Å². The maximum Gasteiger partial charge on any atom is 0.261 e. The molecule has 0 atom stereocenters. The predicted octanol–water partition coefficient (Wildman–Crippen LogP) is 2.48. The van der Waals surface area contributed by atoms with Crippen molar-refractivity contribution in [1.29, 1.82) is 0 Å². The Morgan fingerprint density at radius 2 is 1.92 bits per heavy atom.